The summed E-state index contributed by atoms with van der Waals surface area (Å²) in [6.07, 6.45) is 4.46. The van der Waals surface area contributed by atoms with Gasteiger partial charge in [0.25, 0.3) is 12.4 Å². The third-order valence-corrected chi connectivity index (χ3v) is 11.9. The van der Waals surface area contributed by atoms with Gasteiger partial charge in [-0.3, -0.25) is 43.4 Å². The number of halogens is 1. The van der Waals surface area contributed by atoms with Gasteiger partial charge in [0, 0.05) is 57.8 Å². The standard InChI is InChI=1S/C41H44FN11O5.CH2O2/c42-31-23-50(25-14-17-49(18-15-25)28-21-51(22-28)27-8-11-32(44-20-27)39(55)47-33-12-13-35(54)48-40(33)56)19-16-34(31)53-38-36(37(43)45-24-46-38)52(41(53)57)26-6-9-30(10-7-26)58-29-4-2-1-3-5-29;2-1-3/h1-11,20,24-25,28,31,33-34H,12-19,21-23H2,(H,47,55)(H2,43,45,46)(H,48,54,56);1H,(H,2,3)/t31-,33-,34-;/m1./s1. The number of nitrogen functional groups attached to an aromatic ring is 1. The lowest BCUT2D eigenvalue weighted by Gasteiger charge is -2.50. The van der Waals surface area contributed by atoms with Crippen LogP contribution in [0.25, 0.3) is 16.9 Å². The molecule has 4 fully saturated rings. The summed E-state index contributed by atoms with van der Waals surface area (Å²) in [6.45, 7) is 4.15. The quantitative estimate of drug-likeness (QED) is 0.124. The molecule has 0 unspecified atom stereocenters. The molecule has 5 aromatic rings. The highest BCUT2D eigenvalue weighted by molar-refractivity contribution is 6.03. The van der Waals surface area contributed by atoms with Gasteiger partial charge in [-0.05, 0) is 74.2 Å². The van der Waals surface area contributed by atoms with E-state index in [9.17, 15) is 19.2 Å². The van der Waals surface area contributed by atoms with Gasteiger partial charge in [0.2, 0.25) is 11.8 Å². The fraction of sp³-hybridized carbons (Fsp3) is 0.381. The number of ether oxygens (including phenoxy) is 1. The number of carbonyl (C=O) groups is 4. The van der Waals surface area contributed by atoms with Crippen LogP contribution in [0.2, 0.25) is 0 Å². The zero-order valence-electron chi connectivity index (χ0n) is 33.2. The number of benzene rings is 2. The molecule has 4 aliphatic rings. The molecule has 0 aliphatic carbocycles. The Hall–Kier alpha value is -6.73. The first-order valence-corrected chi connectivity index (χ1v) is 20.2. The van der Waals surface area contributed by atoms with Crippen molar-refractivity contribution in [3.05, 3.63) is 95.4 Å². The van der Waals surface area contributed by atoms with Gasteiger partial charge >= 0.3 is 5.69 Å². The third-order valence-electron chi connectivity index (χ3n) is 11.9. The summed E-state index contributed by atoms with van der Waals surface area (Å²) in [5, 5.41) is 11.8. The van der Waals surface area contributed by atoms with Crippen LogP contribution in [0.3, 0.4) is 0 Å². The van der Waals surface area contributed by atoms with E-state index in [0.717, 1.165) is 44.7 Å². The molecule has 3 aromatic heterocycles. The molecule has 3 atom stereocenters. The first-order chi connectivity index (χ1) is 29.6. The van der Waals surface area contributed by atoms with E-state index in [0.29, 0.717) is 47.4 Å². The zero-order valence-corrected chi connectivity index (χ0v) is 33.2. The topological polar surface area (TPSA) is 223 Å². The number of nitrogens with zero attached hydrogens (tertiary/aromatic N) is 8. The number of likely N-dealkylation sites (tertiary alicyclic amines) is 2. The highest BCUT2D eigenvalue weighted by Gasteiger charge is 2.40. The first-order valence-electron chi connectivity index (χ1n) is 20.2. The van der Waals surface area contributed by atoms with Crippen molar-refractivity contribution in [1.29, 1.82) is 0 Å². The lowest BCUT2D eigenvalue weighted by Crippen LogP contribution is -2.62. The van der Waals surface area contributed by atoms with E-state index >= 15 is 4.39 Å². The number of nitrogens with two attached hydrogens (primary N) is 1. The van der Waals surface area contributed by atoms with E-state index in [4.69, 9.17) is 20.4 Å². The largest absolute Gasteiger partial charge is 0.483 e. The van der Waals surface area contributed by atoms with Gasteiger partial charge in [-0.1, -0.05) is 18.2 Å². The van der Waals surface area contributed by atoms with E-state index in [1.54, 1.807) is 36.5 Å². The second-order valence-corrected chi connectivity index (χ2v) is 15.5. The number of imide groups is 1. The van der Waals surface area contributed by atoms with Crippen LogP contribution >= 0.6 is 0 Å². The Morgan fingerprint density at radius 2 is 1.54 bits per heavy atom. The summed E-state index contributed by atoms with van der Waals surface area (Å²) in [5.41, 5.74) is 8.26. The monoisotopic (exact) mass is 835 g/mol. The fourth-order valence-corrected chi connectivity index (χ4v) is 8.72. The number of aromatic nitrogens is 5. The fourth-order valence-electron chi connectivity index (χ4n) is 8.72. The second-order valence-electron chi connectivity index (χ2n) is 15.5. The number of piperidine rings is 3. The van der Waals surface area contributed by atoms with E-state index in [1.807, 2.05) is 36.4 Å². The number of nitrogens with one attached hydrogen (secondary N) is 2. The summed E-state index contributed by atoms with van der Waals surface area (Å²) in [7, 11) is 0. The van der Waals surface area contributed by atoms with Gasteiger partial charge in [-0.2, -0.15) is 0 Å². The Bertz CT molecular complexity index is 2430. The van der Waals surface area contributed by atoms with Crippen molar-refractivity contribution in [2.24, 2.45) is 0 Å². The van der Waals surface area contributed by atoms with Crippen molar-refractivity contribution in [1.82, 2.24) is 44.5 Å². The van der Waals surface area contributed by atoms with Crippen molar-refractivity contribution in [2.45, 2.75) is 62.4 Å². The molecule has 4 saturated heterocycles. The van der Waals surface area contributed by atoms with Gasteiger partial charge in [0.1, 0.15) is 41.3 Å². The second kappa shape index (κ2) is 17.9. The Morgan fingerprint density at radius 3 is 2.21 bits per heavy atom. The van der Waals surface area contributed by atoms with E-state index in [2.05, 4.69) is 40.3 Å². The average molecular weight is 836 g/mol. The van der Waals surface area contributed by atoms with Crippen molar-refractivity contribution in [3.63, 3.8) is 0 Å². The maximum absolute atomic E-state index is 16.3. The Kier molecular flexibility index (Phi) is 12.0. The third kappa shape index (κ3) is 8.64. The number of fused-ring (bicyclic) bond motifs is 1. The summed E-state index contributed by atoms with van der Waals surface area (Å²) in [6, 6.07) is 19.2. The summed E-state index contributed by atoms with van der Waals surface area (Å²) >= 11 is 0. The molecule has 61 heavy (non-hydrogen) atoms. The van der Waals surface area contributed by atoms with Crippen LogP contribution in [0.1, 0.15) is 48.6 Å². The van der Waals surface area contributed by atoms with Crippen molar-refractivity contribution in [3.8, 4) is 17.2 Å². The summed E-state index contributed by atoms with van der Waals surface area (Å²) in [4.78, 5) is 78.5. The maximum atomic E-state index is 16.3. The minimum Gasteiger partial charge on any atom is -0.483 e. The van der Waals surface area contributed by atoms with Crippen molar-refractivity contribution < 1.29 is 33.4 Å². The number of hydrogen-bond acceptors (Lipinski definition) is 13. The number of amides is 3. The van der Waals surface area contributed by atoms with Crippen molar-refractivity contribution in [2.75, 3.05) is 49.9 Å². The van der Waals surface area contributed by atoms with Crippen LogP contribution in [0.4, 0.5) is 15.9 Å². The number of rotatable bonds is 9. The molecular weight excluding hydrogens is 790 g/mol. The first kappa shape index (κ1) is 41.0. The molecular formula is C42H46FN11O7. The number of pyridine rings is 1. The SMILES string of the molecule is Nc1ncnc2c1n(-c1ccc(Oc3ccccc3)cc1)c(=O)n2[C@@H]1CCN(C2CCN(C3CN(c4ccc(C(=O)N[C@@H]5CCC(=O)NC5=O)nc4)C3)CC2)C[C@H]1F.O=CO. The molecule has 0 saturated carbocycles. The normalized spacial score (nSPS) is 21.5. The molecule has 7 heterocycles. The number of carbonyl (C=O) groups excluding carboxylic acids is 3. The Morgan fingerprint density at radius 1 is 0.852 bits per heavy atom. The molecule has 3 amide bonds. The number of alkyl halides is 1. The molecule has 2 aromatic carbocycles. The highest BCUT2D eigenvalue weighted by atomic mass is 19.1. The number of para-hydroxylation sites is 1. The predicted molar refractivity (Wildman–Crippen MR) is 221 cm³/mol. The van der Waals surface area contributed by atoms with Gasteiger partial charge < -0.3 is 25.8 Å². The Balaban J connectivity index is 0.00000166. The smallest absolute Gasteiger partial charge is 0.335 e. The van der Waals surface area contributed by atoms with Gasteiger partial charge in [0.05, 0.1) is 23.6 Å². The molecule has 0 bridgehead atoms. The van der Waals surface area contributed by atoms with E-state index in [1.165, 1.54) is 15.5 Å². The minimum atomic E-state index is -1.29. The predicted octanol–water partition coefficient (Wildman–Crippen LogP) is 2.53. The van der Waals surface area contributed by atoms with Crippen LogP contribution in [-0.2, 0) is 14.4 Å². The van der Waals surface area contributed by atoms with Gasteiger partial charge in [-0.25, -0.2) is 24.1 Å². The molecule has 9 rings (SSSR count). The molecule has 4 aliphatic heterocycles. The van der Waals surface area contributed by atoms with Crippen LogP contribution in [0.15, 0.2) is 84.0 Å². The number of imidazole rings is 1. The maximum Gasteiger partial charge on any atom is 0.335 e. The molecule has 19 heteroatoms. The van der Waals surface area contributed by atoms with Crippen molar-refractivity contribution >= 4 is 46.9 Å². The molecule has 0 spiro atoms. The number of hydrogen-bond donors (Lipinski definition) is 4. The molecule has 5 N–H and O–H groups in total. The summed E-state index contributed by atoms with van der Waals surface area (Å²) in [5.74, 6) is 0.142. The number of anilines is 2. The lowest BCUT2D eigenvalue weighted by atomic mass is 9.95. The molecule has 18 nitrogen and oxygen atoms in total. The van der Waals surface area contributed by atoms with Gasteiger partial charge in [0.15, 0.2) is 11.5 Å². The van der Waals surface area contributed by atoms with Crippen LogP contribution in [0.5, 0.6) is 11.5 Å². The average Bonchev–Trinajstić information content (AvgIpc) is 3.55. The lowest BCUT2D eigenvalue weighted by molar-refractivity contribution is -0.134. The summed E-state index contributed by atoms with van der Waals surface area (Å²) < 4.78 is 25.2. The van der Waals surface area contributed by atoms with E-state index in [-0.39, 0.29) is 49.3 Å². The van der Waals surface area contributed by atoms with Crippen LogP contribution in [-0.4, -0.2) is 127 Å². The molecule has 0 radical (unpaired) electrons. The Labute approximate surface area is 349 Å². The van der Waals surface area contributed by atoms with Crippen LogP contribution in [0, 0.1) is 0 Å². The highest BCUT2D eigenvalue weighted by Crippen LogP contribution is 2.33. The number of carboxylic acid groups (broad SMARTS) is 1. The molecule has 318 valence electrons. The minimum absolute atomic E-state index is 0.141. The van der Waals surface area contributed by atoms with Crippen LogP contribution < -0.4 is 31.7 Å². The zero-order chi connectivity index (χ0) is 42.6. The van der Waals surface area contributed by atoms with E-state index < -0.39 is 35.8 Å². The van der Waals surface area contributed by atoms with Gasteiger partial charge in [-0.15, -0.1) is 0 Å².